The molecule has 0 saturated heterocycles. The summed E-state index contributed by atoms with van der Waals surface area (Å²) in [4.78, 5) is 20.3. The lowest BCUT2D eigenvalue weighted by atomic mass is 10.1. The second kappa shape index (κ2) is 7.50. The van der Waals surface area contributed by atoms with Gasteiger partial charge in [-0.05, 0) is 37.5 Å². The largest absolute Gasteiger partial charge is 0.345 e. The van der Waals surface area contributed by atoms with E-state index in [4.69, 9.17) is 4.52 Å². The second-order valence-electron chi connectivity index (χ2n) is 5.56. The summed E-state index contributed by atoms with van der Waals surface area (Å²) in [5, 5.41) is 6.72. The second-order valence-corrected chi connectivity index (χ2v) is 5.56. The van der Waals surface area contributed by atoms with Gasteiger partial charge in [0.2, 0.25) is 5.82 Å². The van der Waals surface area contributed by atoms with Crippen molar-refractivity contribution >= 4 is 5.91 Å². The summed E-state index contributed by atoms with van der Waals surface area (Å²) in [6.45, 7) is 1.96. The fraction of sp³-hybridized carbons (Fsp3) is 0.222. The van der Waals surface area contributed by atoms with Gasteiger partial charge in [-0.15, -0.1) is 0 Å². The number of amides is 1. The molecule has 0 bridgehead atoms. The van der Waals surface area contributed by atoms with Gasteiger partial charge in [0.05, 0.1) is 0 Å². The van der Waals surface area contributed by atoms with Crippen molar-refractivity contribution in [2.75, 3.05) is 0 Å². The van der Waals surface area contributed by atoms with Crippen LogP contribution >= 0.6 is 0 Å². The van der Waals surface area contributed by atoms with Crippen molar-refractivity contribution in [3.8, 4) is 11.4 Å². The molecule has 1 amide bonds. The molecule has 0 spiro atoms. The first-order chi connectivity index (χ1) is 11.7. The van der Waals surface area contributed by atoms with Crippen molar-refractivity contribution in [1.29, 1.82) is 0 Å². The van der Waals surface area contributed by atoms with Crippen LogP contribution in [-0.4, -0.2) is 27.1 Å². The molecular weight excluding hydrogens is 304 g/mol. The summed E-state index contributed by atoms with van der Waals surface area (Å²) in [6.07, 6.45) is 5.00. The van der Waals surface area contributed by atoms with Gasteiger partial charge in [0, 0.05) is 24.0 Å². The third-order valence-electron chi connectivity index (χ3n) is 3.65. The number of aromatic nitrogens is 3. The normalized spacial score (nSPS) is 11.9. The zero-order chi connectivity index (χ0) is 16.8. The minimum absolute atomic E-state index is 0.00832. The van der Waals surface area contributed by atoms with Crippen LogP contribution in [0, 0.1) is 0 Å². The number of nitrogens with one attached hydrogen (secondary N) is 1. The maximum atomic E-state index is 12.2. The van der Waals surface area contributed by atoms with Gasteiger partial charge >= 0.3 is 11.8 Å². The minimum atomic E-state index is -0.358. The van der Waals surface area contributed by atoms with Crippen molar-refractivity contribution in [2.45, 2.75) is 25.8 Å². The summed E-state index contributed by atoms with van der Waals surface area (Å²) in [5.41, 5.74) is 2.00. The SMILES string of the molecule is C[C@H](CCc1ccccc1)NC(=O)c1nc(-c2ccncc2)no1. The van der Waals surface area contributed by atoms with Crippen LogP contribution in [0.25, 0.3) is 11.4 Å². The number of aryl methyl sites for hydroxylation is 1. The van der Waals surface area contributed by atoms with Crippen LogP contribution in [0.3, 0.4) is 0 Å². The number of rotatable bonds is 6. The molecule has 6 nitrogen and oxygen atoms in total. The number of hydrogen-bond acceptors (Lipinski definition) is 5. The van der Waals surface area contributed by atoms with Crippen LogP contribution in [0.15, 0.2) is 59.4 Å². The van der Waals surface area contributed by atoms with E-state index in [-0.39, 0.29) is 17.8 Å². The first-order valence-electron chi connectivity index (χ1n) is 7.81. The van der Waals surface area contributed by atoms with Crippen LogP contribution in [0.5, 0.6) is 0 Å². The highest BCUT2D eigenvalue weighted by atomic mass is 16.5. The average molecular weight is 322 g/mol. The molecule has 0 aliphatic carbocycles. The molecule has 0 saturated carbocycles. The van der Waals surface area contributed by atoms with E-state index < -0.39 is 0 Å². The maximum Gasteiger partial charge on any atom is 0.316 e. The van der Waals surface area contributed by atoms with E-state index >= 15 is 0 Å². The lowest BCUT2D eigenvalue weighted by Gasteiger charge is -2.12. The number of benzene rings is 1. The Hall–Kier alpha value is -3.02. The molecule has 3 rings (SSSR count). The number of carbonyl (C=O) groups excluding carboxylic acids is 1. The van der Waals surface area contributed by atoms with Crippen LogP contribution in [0.2, 0.25) is 0 Å². The lowest BCUT2D eigenvalue weighted by Crippen LogP contribution is -2.33. The molecule has 6 heteroatoms. The van der Waals surface area contributed by atoms with Crippen LogP contribution in [0.1, 0.15) is 29.6 Å². The Morgan fingerprint density at radius 3 is 2.67 bits per heavy atom. The first kappa shape index (κ1) is 15.9. The molecule has 1 aromatic carbocycles. The number of carbonyl (C=O) groups is 1. The summed E-state index contributed by atoms with van der Waals surface area (Å²) in [7, 11) is 0. The maximum absolute atomic E-state index is 12.2. The van der Waals surface area contributed by atoms with E-state index in [2.05, 4.69) is 32.6 Å². The highest BCUT2D eigenvalue weighted by Gasteiger charge is 2.17. The Kier molecular flexibility index (Phi) is 4.96. The minimum Gasteiger partial charge on any atom is -0.345 e. The molecule has 1 atom stereocenters. The molecular formula is C18H18N4O2. The van der Waals surface area contributed by atoms with E-state index in [0.29, 0.717) is 5.82 Å². The van der Waals surface area contributed by atoms with Crippen molar-refractivity contribution in [3.63, 3.8) is 0 Å². The Bertz CT molecular complexity index is 787. The lowest BCUT2D eigenvalue weighted by molar-refractivity contribution is 0.0894. The zero-order valence-electron chi connectivity index (χ0n) is 13.3. The molecule has 122 valence electrons. The number of hydrogen-bond donors (Lipinski definition) is 1. The Morgan fingerprint density at radius 1 is 1.17 bits per heavy atom. The smallest absolute Gasteiger partial charge is 0.316 e. The molecule has 24 heavy (non-hydrogen) atoms. The number of nitrogens with zero attached hydrogens (tertiary/aromatic N) is 3. The van der Waals surface area contributed by atoms with E-state index in [1.165, 1.54) is 5.56 Å². The third kappa shape index (κ3) is 4.04. The Labute approximate surface area is 139 Å². The molecule has 0 radical (unpaired) electrons. The predicted octanol–water partition coefficient (Wildman–Crippen LogP) is 2.88. The third-order valence-corrected chi connectivity index (χ3v) is 3.65. The van der Waals surface area contributed by atoms with Gasteiger partial charge < -0.3 is 9.84 Å². The summed E-state index contributed by atoms with van der Waals surface area (Å²) >= 11 is 0. The van der Waals surface area contributed by atoms with Gasteiger partial charge in [0.15, 0.2) is 0 Å². The van der Waals surface area contributed by atoms with Gasteiger partial charge in [-0.1, -0.05) is 35.5 Å². The Balaban J connectivity index is 1.56. The van der Waals surface area contributed by atoms with Crippen molar-refractivity contribution in [1.82, 2.24) is 20.4 Å². The van der Waals surface area contributed by atoms with E-state index in [1.54, 1.807) is 24.5 Å². The molecule has 1 N–H and O–H groups in total. The van der Waals surface area contributed by atoms with E-state index in [0.717, 1.165) is 18.4 Å². The molecule has 0 unspecified atom stereocenters. The number of pyridine rings is 1. The average Bonchev–Trinajstić information content (AvgIpc) is 3.12. The summed E-state index contributed by atoms with van der Waals surface area (Å²) < 4.78 is 5.05. The van der Waals surface area contributed by atoms with E-state index in [1.807, 2.05) is 25.1 Å². The van der Waals surface area contributed by atoms with Crippen LogP contribution < -0.4 is 5.32 Å². The van der Waals surface area contributed by atoms with Crippen LogP contribution in [0.4, 0.5) is 0 Å². The van der Waals surface area contributed by atoms with Gasteiger partial charge in [0.1, 0.15) is 0 Å². The highest BCUT2D eigenvalue weighted by molar-refractivity contribution is 5.90. The Morgan fingerprint density at radius 2 is 1.92 bits per heavy atom. The zero-order valence-corrected chi connectivity index (χ0v) is 13.3. The molecule has 0 aliphatic heterocycles. The fourth-order valence-corrected chi connectivity index (χ4v) is 2.32. The van der Waals surface area contributed by atoms with E-state index in [9.17, 15) is 4.79 Å². The molecule has 2 heterocycles. The molecule has 3 aromatic rings. The van der Waals surface area contributed by atoms with Crippen molar-refractivity contribution in [3.05, 3.63) is 66.3 Å². The first-order valence-corrected chi connectivity index (χ1v) is 7.81. The predicted molar refractivity (Wildman–Crippen MR) is 89.2 cm³/mol. The van der Waals surface area contributed by atoms with Gasteiger partial charge in [-0.2, -0.15) is 4.98 Å². The van der Waals surface area contributed by atoms with Crippen molar-refractivity contribution in [2.24, 2.45) is 0 Å². The molecule has 2 aromatic heterocycles. The van der Waals surface area contributed by atoms with Crippen molar-refractivity contribution < 1.29 is 9.32 Å². The fourth-order valence-electron chi connectivity index (χ4n) is 2.32. The highest BCUT2D eigenvalue weighted by Crippen LogP contribution is 2.14. The molecule has 0 aliphatic rings. The van der Waals surface area contributed by atoms with Crippen LogP contribution in [-0.2, 0) is 6.42 Å². The summed E-state index contributed by atoms with van der Waals surface area (Å²) in [6, 6.07) is 13.7. The quantitative estimate of drug-likeness (QED) is 0.754. The monoisotopic (exact) mass is 322 g/mol. The standard InChI is InChI=1S/C18H18N4O2/c1-13(7-8-14-5-3-2-4-6-14)20-17(23)18-21-16(22-24-18)15-9-11-19-12-10-15/h2-6,9-13H,7-8H2,1H3,(H,20,23)/t13-/m1/s1. The molecule has 0 fully saturated rings. The van der Waals surface area contributed by atoms with Gasteiger partial charge in [0.25, 0.3) is 0 Å². The summed E-state index contributed by atoms with van der Waals surface area (Å²) in [5.74, 6) is -0.0174. The van der Waals surface area contributed by atoms with Gasteiger partial charge in [-0.3, -0.25) is 9.78 Å². The topological polar surface area (TPSA) is 80.9 Å². The van der Waals surface area contributed by atoms with Gasteiger partial charge in [-0.25, -0.2) is 0 Å².